The number of halogens is 2. The highest BCUT2D eigenvalue weighted by Crippen LogP contribution is 2.32. The first-order chi connectivity index (χ1) is 9.72. The summed E-state index contributed by atoms with van der Waals surface area (Å²) in [6.07, 6.45) is 9.46. The van der Waals surface area contributed by atoms with Gasteiger partial charge in [0.15, 0.2) is 0 Å². The number of rotatable bonds is 4. The first kappa shape index (κ1) is 15.4. The number of aryl methyl sites for hydroxylation is 1. The van der Waals surface area contributed by atoms with E-state index in [0.29, 0.717) is 16.5 Å². The Morgan fingerprint density at radius 2 is 2.00 bits per heavy atom. The second-order valence-electron chi connectivity index (χ2n) is 5.56. The molecule has 0 aliphatic heterocycles. The van der Waals surface area contributed by atoms with Crippen LogP contribution >= 0.6 is 23.2 Å². The summed E-state index contributed by atoms with van der Waals surface area (Å²) in [4.78, 5) is 0. The normalized spacial score (nSPS) is 22.9. The molecule has 0 spiro atoms. The lowest BCUT2D eigenvalue weighted by molar-refractivity contribution is 0.296. The van der Waals surface area contributed by atoms with Crippen molar-refractivity contribution >= 4 is 23.2 Å². The average molecular weight is 308 g/mol. The van der Waals surface area contributed by atoms with Crippen LogP contribution < -0.4 is 0 Å². The van der Waals surface area contributed by atoms with E-state index >= 15 is 0 Å². The molecule has 3 heteroatoms. The fraction of sp³-hybridized carbons (Fsp3) is 0.471. The Labute approximate surface area is 131 Å². The van der Waals surface area contributed by atoms with Gasteiger partial charge in [-0.05, 0) is 68.1 Å². The van der Waals surface area contributed by atoms with Crippen LogP contribution in [0.4, 0.5) is 0 Å². The van der Waals surface area contributed by atoms with Gasteiger partial charge >= 0.3 is 0 Å². The Bertz CT molecular complexity index is 508. The first-order valence-corrected chi connectivity index (χ1v) is 7.99. The first-order valence-electron chi connectivity index (χ1n) is 7.18. The lowest BCUT2D eigenvalue weighted by Gasteiger charge is -2.26. The molecule has 2 rings (SSSR count). The van der Waals surface area contributed by atoms with Crippen molar-refractivity contribution in [1.82, 2.24) is 0 Å². The van der Waals surface area contributed by atoms with Gasteiger partial charge in [0, 0.05) is 5.54 Å². The highest BCUT2D eigenvalue weighted by molar-refractivity contribution is 6.31. The minimum Gasteiger partial charge on any atom is -0.192 e. The Kier molecular flexibility index (Phi) is 5.95. The average Bonchev–Trinajstić information content (AvgIpc) is 2.47. The fourth-order valence-corrected chi connectivity index (χ4v) is 3.40. The largest absolute Gasteiger partial charge is 0.192 e. The maximum absolute atomic E-state index is 8.86. The third-order valence-electron chi connectivity index (χ3n) is 4.23. The summed E-state index contributed by atoms with van der Waals surface area (Å²) in [5, 5.41) is 9.43. The molecule has 1 aliphatic carbocycles. The molecule has 1 aromatic carbocycles. The number of nitrogens with zero attached hydrogens (tertiary/aromatic N) is 1. The number of nitriles is 1. The van der Waals surface area contributed by atoms with Gasteiger partial charge < -0.3 is 0 Å². The highest BCUT2D eigenvalue weighted by Gasteiger charge is 2.19. The minimum atomic E-state index is 0.559. The maximum atomic E-state index is 8.86. The quantitative estimate of drug-likeness (QED) is 0.699. The molecule has 0 saturated heterocycles. The second-order valence-corrected chi connectivity index (χ2v) is 6.22. The molecule has 0 heterocycles. The van der Waals surface area contributed by atoms with Crippen LogP contribution in [0.3, 0.4) is 0 Å². The van der Waals surface area contributed by atoms with Crippen LogP contribution in [-0.2, 0) is 6.42 Å². The molecule has 0 radical (unpaired) electrons. The van der Waals surface area contributed by atoms with Gasteiger partial charge in [0.25, 0.3) is 0 Å². The number of hydrogen-bond acceptors (Lipinski definition) is 1. The zero-order valence-electron chi connectivity index (χ0n) is 11.5. The summed E-state index contributed by atoms with van der Waals surface area (Å²) in [7, 11) is 0. The van der Waals surface area contributed by atoms with Crippen molar-refractivity contribution < 1.29 is 0 Å². The predicted octanol–water partition coefficient (Wildman–Crippen LogP) is 5.70. The standard InChI is InChI=1S/C17H19Cl2N/c18-10-9-14-3-1-13(2-4-14)5-6-15-7-8-16(12-20)17(19)11-15/h7-11,13-14H,1-6H2. The lowest BCUT2D eigenvalue weighted by atomic mass is 9.79. The van der Waals surface area contributed by atoms with E-state index in [9.17, 15) is 0 Å². The summed E-state index contributed by atoms with van der Waals surface area (Å²) in [6, 6.07) is 7.87. The smallest absolute Gasteiger partial charge is 0.101 e. The van der Waals surface area contributed by atoms with E-state index < -0.39 is 0 Å². The number of allylic oxidation sites excluding steroid dienone is 1. The third-order valence-corrected chi connectivity index (χ3v) is 4.69. The molecular formula is C17H19Cl2N. The van der Waals surface area contributed by atoms with Crippen molar-refractivity contribution in [1.29, 1.82) is 5.26 Å². The fourth-order valence-electron chi connectivity index (χ4n) is 2.95. The Balaban J connectivity index is 1.82. The van der Waals surface area contributed by atoms with Crippen LogP contribution in [-0.4, -0.2) is 0 Å². The third kappa shape index (κ3) is 4.27. The van der Waals surface area contributed by atoms with Crippen LogP contribution in [0.15, 0.2) is 29.8 Å². The molecule has 0 N–H and O–H groups in total. The zero-order chi connectivity index (χ0) is 14.4. The molecule has 106 valence electrons. The maximum Gasteiger partial charge on any atom is 0.101 e. The molecule has 1 nitrogen and oxygen atoms in total. The lowest BCUT2D eigenvalue weighted by Crippen LogP contribution is -2.13. The van der Waals surface area contributed by atoms with Crippen molar-refractivity contribution in [3.63, 3.8) is 0 Å². The van der Waals surface area contributed by atoms with E-state index in [1.54, 1.807) is 5.54 Å². The van der Waals surface area contributed by atoms with Gasteiger partial charge in [0.05, 0.1) is 10.6 Å². The van der Waals surface area contributed by atoms with E-state index in [1.807, 2.05) is 18.2 Å². The molecule has 0 atom stereocenters. The van der Waals surface area contributed by atoms with Gasteiger partial charge in [-0.2, -0.15) is 5.26 Å². The van der Waals surface area contributed by atoms with Crippen molar-refractivity contribution in [2.75, 3.05) is 0 Å². The van der Waals surface area contributed by atoms with Gasteiger partial charge in [-0.1, -0.05) is 35.3 Å². The second kappa shape index (κ2) is 7.72. The van der Waals surface area contributed by atoms with Crippen molar-refractivity contribution in [2.45, 2.75) is 38.5 Å². The molecule has 0 unspecified atom stereocenters. The zero-order valence-corrected chi connectivity index (χ0v) is 13.0. The molecule has 20 heavy (non-hydrogen) atoms. The van der Waals surface area contributed by atoms with E-state index in [4.69, 9.17) is 28.5 Å². The summed E-state index contributed by atoms with van der Waals surface area (Å²) in [6.45, 7) is 0. The number of hydrogen-bond donors (Lipinski definition) is 0. The SMILES string of the molecule is N#Cc1ccc(CCC2CCC(C=CCl)CC2)cc1Cl. The van der Waals surface area contributed by atoms with Gasteiger partial charge in [0.1, 0.15) is 6.07 Å². The van der Waals surface area contributed by atoms with Crippen molar-refractivity contribution in [3.8, 4) is 6.07 Å². The van der Waals surface area contributed by atoms with Gasteiger partial charge in [-0.3, -0.25) is 0 Å². The van der Waals surface area contributed by atoms with Crippen molar-refractivity contribution in [3.05, 3.63) is 46.0 Å². The molecule has 1 aliphatic rings. The molecule has 1 aromatic rings. The summed E-state index contributed by atoms with van der Waals surface area (Å²) in [5.41, 5.74) is 3.45. The van der Waals surface area contributed by atoms with Gasteiger partial charge in [-0.25, -0.2) is 0 Å². The van der Waals surface area contributed by atoms with E-state index in [1.165, 1.54) is 37.7 Å². The molecule has 1 fully saturated rings. The van der Waals surface area contributed by atoms with Crippen LogP contribution in [0, 0.1) is 23.2 Å². The molecule has 0 amide bonds. The Morgan fingerprint density at radius 1 is 1.25 bits per heavy atom. The van der Waals surface area contributed by atoms with Crippen LogP contribution in [0.25, 0.3) is 0 Å². The summed E-state index contributed by atoms with van der Waals surface area (Å²) in [5.74, 6) is 1.48. The van der Waals surface area contributed by atoms with E-state index in [0.717, 1.165) is 12.3 Å². The van der Waals surface area contributed by atoms with E-state index in [-0.39, 0.29) is 0 Å². The van der Waals surface area contributed by atoms with Gasteiger partial charge in [0.2, 0.25) is 0 Å². The van der Waals surface area contributed by atoms with E-state index in [2.05, 4.69) is 12.1 Å². The molecule has 0 aromatic heterocycles. The number of benzene rings is 1. The highest BCUT2D eigenvalue weighted by atomic mass is 35.5. The Hall–Kier alpha value is -0.970. The van der Waals surface area contributed by atoms with Gasteiger partial charge in [-0.15, -0.1) is 0 Å². The topological polar surface area (TPSA) is 23.8 Å². The molecular weight excluding hydrogens is 289 g/mol. The molecule has 0 bridgehead atoms. The molecule has 1 saturated carbocycles. The summed E-state index contributed by atoms with van der Waals surface area (Å²) >= 11 is 11.7. The minimum absolute atomic E-state index is 0.559. The monoisotopic (exact) mass is 307 g/mol. The van der Waals surface area contributed by atoms with Crippen molar-refractivity contribution in [2.24, 2.45) is 11.8 Å². The van der Waals surface area contributed by atoms with Crippen LogP contribution in [0.5, 0.6) is 0 Å². The van der Waals surface area contributed by atoms with Crippen LogP contribution in [0.2, 0.25) is 5.02 Å². The van der Waals surface area contributed by atoms with Crippen LogP contribution in [0.1, 0.15) is 43.2 Å². The Morgan fingerprint density at radius 3 is 2.60 bits per heavy atom. The summed E-state index contributed by atoms with van der Waals surface area (Å²) < 4.78 is 0. The predicted molar refractivity (Wildman–Crippen MR) is 84.9 cm³/mol.